The second kappa shape index (κ2) is 8.63. The highest BCUT2D eigenvalue weighted by molar-refractivity contribution is 5.86. The van der Waals surface area contributed by atoms with Crippen molar-refractivity contribution in [1.82, 2.24) is 15.2 Å². The van der Waals surface area contributed by atoms with Gasteiger partial charge >= 0.3 is 0 Å². The molecule has 0 aliphatic carbocycles. The molecule has 144 valence electrons. The Balaban J connectivity index is 1.54. The zero-order valence-electron chi connectivity index (χ0n) is 16.2. The first-order chi connectivity index (χ1) is 13.0. The Labute approximate surface area is 161 Å². The van der Waals surface area contributed by atoms with Gasteiger partial charge in [-0.2, -0.15) is 0 Å². The lowest BCUT2D eigenvalue weighted by Gasteiger charge is -2.38. The van der Waals surface area contributed by atoms with Gasteiger partial charge in [-0.15, -0.1) is 0 Å². The van der Waals surface area contributed by atoms with Gasteiger partial charge in [0.25, 0.3) is 5.91 Å². The highest BCUT2D eigenvalue weighted by Gasteiger charge is 2.41. The minimum atomic E-state index is -1.32. The Morgan fingerprint density at radius 2 is 2.11 bits per heavy atom. The molecule has 2 N–H and O–H groups in total. The second-order valence-corrected chi connectivity index (χ2v) is 7.54. The van der Waals surface area contributed by atoms with Crippen LogP contribution in [-0.4, -0.2) is 46.1 Å². The molecule has 5 heteroatoms. The Kier molecular flexibility index (Phi) is 6.24. The molecule has 0 radical (unpaired) electrons. The van der Waals surface area contributed by atoms with Gasteiger partial charge in [0.1, 0.15) is 0 Å². The molecular weight excluding hydrogens is 338 g/mol. The number of amides is 1. The molecule has 1 aromatic heterocycles. The van der Waals surface area contributed by atoms with E-state index in [2.05, 4.69) is 16.4 Å². The summed E-state index contributed by atoms with van der Waals surface area (Å²) in [5, 5.41) is 14.2. The highest BCUT2D eigenvalue weighted by Crippen LogP contribution is 2.24. The summed E-state index contributed by atoms with van der Waals surface area (Å²) in [7, 11) is 0. The van der Waals surface area contributed by atoms with Crippen molar-refractivity contribution in [3.63, 3.8) is 0 Å². The number of pyridine rings is 1. The third-order valence-electron chi connectivity index (χ3n) is 5.23. The van der Waals surface area contributed by atoms with Crippen LogP contribution in [0.3, 0.4) is 0 Å². The van der Waals surface area contributed by atoms with Crippen molar-refractivity contribution in [2.75, 3.05) is 19.6 Å². The Morgan fingerprint density at radius 1 is 1.26 bits per heavy atom. The number of carbonyl (C=O) groups excluding carboxylic acids is 1. The minimum absolute atomic E-state index is 0.170. The molecule has 1 unspecified atom stereocenters. The summed E-state index contributed by atoms with van der Waals surface area (Å²) in [6.07, 6.45) is 3.90. The van der Waals surface area contributed by atoms with Crippen LogP contribution in [0.2, 0.25) is 0 Å². The van der Waals surface area contributed by atoms with Crippen molar-refractivity contribution < 1.29 is 9.90 Å². The number of hydrogen-bond donors (Lipinski definition) is 2. The lowest BCUT2D eigenvalue weighted by atomic mass is 9.91. The third-order valence-corrected chi connectivity index (χ3v) is 5.23. The normalized spacial score (nSPS) is 20.1. The number of hydrogen-bond acceptors (Lipinski definition) is 4. The SMILES string of the molecule is Cc1cccc(CN2CCCC(O)(CNCCc3ncccc3C)C2=O)c1. The van der Waals surface area contributed by atoms with Gasteiger partial charge in [-0.1, -0.05) is 35.9 Å². The van der Waals surface area contributed by atoms with Crippen LogP contribution in [0, 0.1) is 13.8 Å². The van der Waals surface area contributed by atoms with E-state index in [9.17, 15) is 9.90 Å². The molecule has 1 amide bonds. The molecule has 5 nitrogen and oxygen atoms in total. The zero-order valence-corrected chi connectivity index (χ0v) is 16.2. The molecule has 0 bridgehead atoms. The van der Waals surface area contributed by atoms with E-state index < -0.39 is 5.60 Å². The number of benzene rings is 1. The summed E-state index contributed by atoms with van der Waals surface area (Å²) in [4.78, 5) is 19.0. The van der Waals surface area contributed by atoms with Gasteiger partial charge in [0.15, 0.2) is 5.60 Å². The van der Waals surface area contributed by atoms with Crippen molar-refractivity contribution in [3.05, 3.63) is 65.0 Å². The fraction of sp³-hybridized carbons (Fsp3) is 0.455. The van der Waals surface area contributed by atoms with Crippen molar-refractivity contribution in [2.24, 2.45) is 0 Å². The molecule has 1 aliphatic heterocycles. The molecule has 2 heterocycles. The fourth-order valence-corrected chi connectivity index (χ4v) is 3.69. The van der Waals surface area contributed by atoms with E-state index in [-0.39, 0.29) is 12.5 Å². The largest absolute Gasteiger partial charge is 0.379 e. The second-order valence-electron chi connectivity index (χ2n) is 7.54. The van der Waals surface area contributed by atoms with Gasteiger partial charge < -0.3 is 15.3 Å². The van der Waals surface area contributed by atoms with Gasteiger partial charge in [0.05, 0.1) is 0 Å². The number of aryl methyl sites for hydroxylation is 2. The number of likely N-dealkylation sites (tertiary alicyclic amines) is 1. The maximum atomic E-state index is 12.9. The van der Waals surface area contributed by atoms with Gasteiger partial charge in [-0.25, -0.2) is 0 Å². The molecule has 3 rings (SSSR count). The molecule has 0 saturated carbocycles. The van der Waals surface area contributed by atoms with Crippen LogP contribution < -0.4 is 5.32 Å². The van der Waals surface area contributed by atoms with Crippen LogP contribution in [0.4, 0.5) is 0 Å². The molecule has 1 aliphatic rings. The van der Waals surface area contributed by atoms with Gasteiger partial charge in [0, 0.05) is 44.5 Å². The van der Waals surface area contributed by atoms with Crippen LogP contribution >= 0.6 is 0 Å². The van der Waals surface area contributed by atoms with Gasteiger partial charge in [-0.3, -0.25) is 9.78 Å². The number of nitrogens with zero attached hydrogens (tertiary/aromatic N) is 2. The number of aliphatic hydroxyl groups is 1. The molecule has 27 heavy (non-hydrogen) atoms. The van der Waals surface area contributed by atoms with Crippen LogP contribution in [0.1, 0.15) is 35.2 Å². The molecule has 2 aromatic rings. The number of aromatic nitrogens is 1. The summed E-state index contributed by atoms with van der Waals surface area (Å²) >= 11 is 0. The zero-order chi connectivity index (χ0) is 19.3. The summed E-state index contributed by atoms with van der Waals surface area (Å²) in [5.41, 5.74) is 3.18. The summed E-state index contributed by atoms with van der Waals surface area (Å²) in [5.74, 6) is -0.170. The molecule has 1 atom stereocenters. The van der Waals surface area contributed by atoms with E-state index in [1.54, 1.807) is 11.1 Å². The Morgan fingerprint density at radius 3 is 2.89 bits per heavy atom. The summed E-state index contributed by atoms with van der Waals surface area (Å²) in [6.45, 7) is 6.31. The summed E-state index contributed by atoms with van der Waals surface area (Å²) in [6, 6.07) is 12.1. The van der Waals surface area contributed by atoms with E-state index in [1.807, 2.05) is 44.2 Å². The lowest BCUT2D eigenvalue weighted by molar-refractivity contribution is -0.157. The molecule has 1 saturated heterocycles. The van der Waals surface area contributed by atoms with E-state index in [4.69, 9.17) is 0 Å². The van der Waals surface area contributed by atoms with Crippen LogP contribution in [0.15, 0.2) is 42.6 Å². The average molecular weight is 367 g/mol. The minimum Gasteiger partial charge on any atom is -0.379 e. The average Bonchev–Trinajstić information content (AvgIpc) is 2.64. The van der Waals surface area contributed by atoms with E-state index >= 15 is 0 Å². The number of piperidine rings is 1. The van der Waals surface area contributed by atoms with E-state index in [0.717, 1.165) is 29.7 Å². The van der Waals surface area contributed by atoms with Crippen molar-refractivity contribution >= 4 is 5.91 Å². The molecular formula is C22H29N3O2. The molecule has 0 spiro atoms. The lowest BCUT2D eigenvalue weighted by Crippen LogP contribution is -2.57. The first kappa shape index (κ1) is 19.5. The number of carbonyl (C=O) groups is 1. The number of nitrogens with one attached hydrogen (secondary N) is 1. The quantitative estimate of drug-likeness (QED) is 0.738. The van der Waals surface area contributed by atoms with Crippen LogP contribution in [0.25, 0.3) is 0 Å². The highest BCUT2D eigenvalue weighted by atomic mass is 16.3. The van der Waals surface area contributed by atoms with Crippen molar-refractivity contribution in [3.8, 4) is 0 Å². The Hall–Kier alpha value is -2.24. The predicted molar refractivity (Wildman–Crippen MR) is 106 cm³/mol. The first-order valence-corrected chi connectivity index (χ1v) is 9.66. The van der Waals surface area contributed by atoms with Gasteiger partial charge in [-0.05, 0) is 43.9 Å². The number of rotatable bonds is 7. The van der Waals surface area contributed by atoms with Crippen LogP contribution in [0.5, 0.6) is 0 Å². The smallest absolute Gasteiger partial charge is 0.256 e. The summed E-state index contributed by atoms with van der Waals surface area (Å²) < 4.78 is 0. The van der Waals surface area contributed by atoms with Gasteiger partial charge in [0.2, 0.25) is 0 Å². The standard InChI is InChI=1S/C22H29N3O2/c1-17-6-3-8-19(14-17)15-25-13-5-10-22(27,21(25)26)16-23-12-9-20-18(2)7-4-11-24-20/h3-4,6-8,11,14,23,27H,5,9-10,12-13,15-16H2,1-2H3. The maximum absolute atomic E-state index is 12.9. The van der Waals surface area contributed by atoms with E-state index in [1.165, 1.54) is 5.56 Å². The van der Waals surface area contributed by atoms with Crippen molar-refractivity contribution in [2.45, 2.75) is 45.3 Å². The molecule has 1 aromatic carbocycles. The maximum Gasteiger partial charge on any atom is 0.256 e. The fourth-order valence-electron chi connectivity index (χ4n) is 3.69. The Bertz CT molecular complexity index is 793. The van der Waals surface area contributed by atoms with E-state index in [0.29, 0.717) is 26.1 Å². The topological polar surface area (TPSA) is 65.5 Å². The van der Waals surface area contributed by atoms with Crippen molar-refractivity contribution in [1.29, 1.82) is 0 Å². The van der Waals surface area contributed by atoms with Crippen LogP contribution in [-0.2, 0) is 17.8 Å². The monoisotopic (exact) mass is 367 g/mol. The first-order valence-electron chi connectivity index (χ1n) is 9.66. The molecule has 1 fully saturated rings. The third kappa shape index (κ3) is 4.93. The predicted octanol–water partition coefficient (Wildman–Crippen LogP) is 2.38.